The average Bonchev–Trinajstić information content (AvgIpc) is 3.50. The standard InChI is InChI=1S/C24H19FN4O2S/c1-14-11-19(15(2)29(14)17-9-7-16(25)8-10-17)22(30)13-32-24-28-27-23(31-24)20-12-26-21-6-4-3-5-18(20)21/h3-12,26H,13H2,1-2H3. The van der Waals surface area contributed by atoms with Gasteiger partial charge in [0.05, 0.1) is 11.3 Å². The molecule has 1 N–H and O–H groups in total. The van der Waals surface area contributed by atoms with Crippen LogP contribution in [0, 0.1) is 19.7 Å². The summed E-state index contributed by atoms with van der Waals surface area (Å²) in [5, 5.41) is 9.56. The molecule has 0 aliphatic carbocycles. The summed E-state index contributed by atoms with van der Waals surface area (Å²) in [6.07, 6.45) is 1.84. The second kappa shape index (κ2) is 8.12. The minimum absolute atomic E-state index is 0.0386. The number of para-hydroxylation sites is 1. The van der Waals surface area contributed by atoms with Crippen LogP contribution in [0.1, 0.15) is 21.7 Å². The number of hydrogen-bond donors (Lipinski definition) is 1. The number of fused-ring (bicyclic) bond motifs is 1. The molecule has 5 rings (SSSR count). The van der Waals surface area contributed by atoms with E-state index in [1.807, 2.05) is 54.9 Å². The van der Waals surface area contributed by atoms with Crippen molar-refractivity contribution in [3.63, 3.8) is 0 Å². The van der Waals surface area contributed by atoms with Gasteiger partial charge < -0.3 is 14.0 Å². The van der Waals surface area contributed by atoms with E-state index >= 15 is 0 Å². The third kappa shape index (κ3) is 3.62. The third-order valence-corrected chi connectivity index (χ3v) is 6.19. The van der Waals surface area contributed by atoms with Gasteiger partial charge in [-0.25, -0.2) is 4.39 Å². The van der Waals surface area contributed by atoms with Gasteiger partial charge in [-0.3, -0.25) is 4.79 Å². The molecule has 0 amide bonds. The normalized spacial score (nSPS) is 11.3. The zero-order valence-corrected chi connectivity index (χ0v) is 18.2. The summed E-state index contributed by atoms with van der Waals surface area (Å²) in [7, 11) is 0. The van der Waals surface area contributed by atoms with Crippen LogP contribution in [0.3, 0.4) is 0 Å². The van der Waals surface area contributed by atoms with Gasteiger partial charge in [-0.2, -0.15) is 0 Å². The summed E-state index contributed by atoms with van der Waals surface area (Å²) < 4.78 is 21.0. The van der Waals surface area contributed by atoms with Crippen molar-refractivity contribution in [2.45, 2.75) is 19.1 Å². The molecule has 3 heterocycles. The summed E-state index contributed by atoms with van der Waals surface area (Å²) in [5.74, 6) is 0.245. The summed E-state index contributed by atoms with van der Waals surface area (Å²) in [6, 6.07) is 15.9. The molecule has 0 aliphatic rings. The first kappa shape index (κ1) is 20.3. The summed E-state index contributed by atoms with van der Waals surface area (Å²) in [6.45, 7) is 3.81. The molecule has 0 bridgehead atoms. The van der Waals surface area contributed by atoms with E-state index in [2.05, 4.69) is 15.2 Å². The van der Waals surface area contributed by atoms with E-state index < -0.39 is 0 Å². The molecular weight excluding hydrogens is 427 g/mol. The fourth-order valence-electron chi connectivity index (χ4n) is 3.86. The van der Waals surface area contributed by atoms with Gasteiger partial charge >= 0.3 is 0 Å². The maximum Gasteiger partial charge on any atom is 0.277 e. The van der Waals surface area contributed by atoms with Crippen LogP contribution in [0.5, 0.6) is 0 Å². The number of carbonyl (C=O) groups is 1. The number of Topliss-reactive ketones (excluding diaryl/α,β-unsaturated/α-hetero) is 1. The smallest absolute Gasteiger partial charge is 0.277 e. The first-order chi connectivity index (χ1) is 15.5. The van der Waals surface area contributed by atoms with Gasteiger partial charge in [-0.15, -0.1) is 10.2 Å². The van der Waals surface area contributed by atoms with E-state index in [-0.39, 0.29) is 17.4 Å². The van der Waals surface area contributed by atoms with E-state index in [1.165, 1.54) is 23.9 Å². The number of rotatable bonds is 6. The zero-order chi connectivity index (χ0) is 22.2. The number of ketones is 1. The lowest BCUT2D eigenvalue weighted by atomic mass is 10.2. The van der Waals surface area contributed by atoms with Crippen molar-refractivity contribution in [3.8, 4) is 17.1 Å². The number of aromatic amines is 1. The van der Waals surface area contributed by atoms with Crippen molar-refractivity contribution in [1.82, 2.24) is 19.7 Å². The number of benzene rings is 2. The Morgan fingerprint density at radius 3 is 2.72 bits per heavy atom. The number of nitrogens with zero attached hydrogens (tertiary/aromatic N) is 3. The Labute approximate surface area is 187 Å². The number of thioether (sulfide) groups is 1. The SMILES string of the molecule is Cc1cc(C(=O)CSc2nnc(-c3c[nH]c4ccccc34)o2)c(C)n1-c1ccc(F)cc1. The van der Waals surface area contributed by atoms with Crippen LogP contribution in [0.15, 0.2) is 70.4 Å². The highest BCUT2D eigenvalue weighted by Crippen LogP contribution is 2.30. The first-order valence-corrected chi connectivity index (χ1v) is 11.0. The molecule has 2 aromatic carbocycles. The lowest BCUT2D eigenvalue weighted by molar-refractivity contribution is 0.102. The number of halogens is 1. The number of H-pyrrole nitrogens is 1. The van der Waals surface area contributed by atoms with Crippen molar-refractivity contribution in [1.29, 1.82) is 0 Å². The van der Waals surface area contributed by atoms with Crippen molar-refractivity contribution in [3.05, 3.63) is 83.6 Å². The largest absolute Gasteiger partial charge is 0.411 e. The van der Waals surface area contributed by atoms with E-state index in [9.17, 15) is 9.18 Å². The second-order valence-electron chi connectivity index (χ2n) is 7.43. The Hall–Kier alpha value is -3.65. The number of nitrogens with one attached hydrogen (secondary N) is 1. The molecule has 0 aliphatic heterocycles. The first-order valence-electron chi connectivity index (χ1n) is 10.0. The summed E-state index contributed by atoms with van der Waals surface area (Å²) in [4.78, 5) is 16.1. The fourth-order valence-corrected chi connectivity index (χ4v) is 4.51. The van der Waals surface area contributed by atoms with Gasteiger partial charge in [0.25, 0.3) is 11.1 Å². The molecule has 8 heteroatoms. The van der Waals surface area contributed by atoms with Gasteiger partial charge in [0.15, 0.2) is 5.78 Å². The van der Waals surface area contributed by atoms with Gasteiger partial charge in [-0.05, 0) is 50.2 Å². The Morgan fingerprint density at radius 2 is 1.91 bits per heavy atom. The fraction of sp³-hybridized carbons (Fsp3) is 0.125. The number of carbonyl (C=O) groups excluding carboxylic acids is 1. The van der Waals surface area contributed by atoms with Crippen molar-refractivity contribution >= 4 is 28.4 Å². The molecule has 0 saturated carbocycles. The molecule has 0 atom stereocenters. The monoisotopic (exact) mass is 446 g/mol. The Morgan fingerprint density at radius 1 is 1.12 bits per heavy atom. The lowest BCUT2D eigenvalue weighted by Gasteiger charge is -2.09. The van der Waals surface area contributed by atoms with Gasteiger partial charge in [-0.1, -0.05) is 30.0 Å². The molecule has 5 aromatic rings. The molecule has 0 unspecified atom stereocenters. The minimum atomic E-state index is -0.296. The predicted molar refractivity (Wildman–Crippen MR) is 122 cm³/mol. The maximum absolute atomic E-state index is 13.3. The van der Waals surface area contributed by atoms with Crippen LogP contribution in [0.2, 0.25) is 0 Å². The minimum Gasteiger partial charge on any atom is -0.411 e. The molecule has 6 nitrogen and oxygen atoms in total. The van der Waals surface area contributed by atoms with Gasteiger partial charge in [0.1, 0.15) is 5.82 Å². The van der Waals surface area contributed by atoms with Crippen LogP contribution in [0.25, 0.3) is 28.0 Å². The molecule has 160 valence electrons. The van der Waals surface area contributed by atoms with Crippen LogP contribution >= 0.6 is 11.8 Å². The highest BCUT2D eigenvalue weighted by Gasteiger charge is 2.19. The second-order valence-corrected chi connectivity index (χ2v) is 8.36. The van der Waals surface area contributed by atoms with E-state index in [4.69, 9.17) is 4.42 Å². The highest BCUT2D eigenvalue weighted by molar-refractivity contribution is 7.99. The molecule has 0 saturated heterocycles. The molecule has 3 aromatic heterocycles. The molecule has 0 fully saturated rings. The van der Waals surface area contributed by atoms with Gasteiger partial charge in [0.2, 0.25) is 0 Å². The lowest BCUT2D eigenvalue weighted by Crippen LogP contribution is -2.05. The molecule has 0 radical (unpaired) electrons. The zero-order valence-electron chi connectivity index (χ0n) is 17.4. The van der Waals surface area contributed by atoms with Crippen LogP contribution < -0.4 is 0 Å². The maximum atomic E-state index is 13.3. The van der Waals surface area contributed by atoms with Crippen LogP contribution in [0.4, 0.5) is 4.39 Å². The summed E-state index contributed by atoms with van der Waals surface area (Å²) in [5.41, 5.74) is 4.96. The van der Waals surface area contributed by atoms with Crippen molar-refractivity contribution in [2.24, 2.45) is 0 Å². The van der Waals surface area contributed by atoms with E-state index in [0.29, 0.717) is 16.7 Å². The van der Waals surface area contributed by atoms with Crippen LogP contribution in [-0.4, -0.2) is 31.3 Å². The summed E-state index contributed by atoms with van der Waals surface area (Å²) >= 11 is 1.21. The molecular formula is C24H19FN4O2S. The van der Waals surface area contributed by atoms with Gasteiger partial charge in [0, 0.05) is 39.7 Å². The predicted octanol–water partition coefficient (Wildman–Crippen LogP) is 5.74. The van der Waals surface area contributed by atoms with Crippen molar-refractivity contribution in [2.75, 3.05) is 5.75 Å². The Balaban J connectivity index is 1.33. The highest BCUT2D eigenvalue weighted by atomic mass is 32.2. The number of aryl methyl sites for hydroxylation is 1. The van der Waals surface area contributed by atoms with Crippen molar-refractivity contribution < 1.29 is 13.6 Å². The molecule has 32 heavy (non-hydrogen) atoms. The topological polar surface area (TPSA) is 76.7 Å². The molecule has 0 spiro atoms. The third-order valence-electron chi connectivity index (χ3n) is 5.37. The Bertz CT molecular complexity index is 1430. The Kier molecular flexibility index (Phi) is 5.14. The number of hydrogen-bond acceptors (Lipinski definition) is 5. The number of aromatic nitrogens is 4. The average molecular weight is 447 g/mol. The van der Waals surface area contributed by atoms with Crippen LogP contribution in [-0.2, 0) is 0 Å². The van der Waals surface area contributed by atoms with E-state index in [0.717, 1.165) is 33.5 Å². The quantitative estimate of drug-likeness (QED) is 0.266. The van der Waals surface area contributed by atoms with E-state index in [1.54, 1.807) is 12.1 Å².